The third-order valence-electron chi connectivity index (χ3n) is 4.94. The summed E-state index contributed by atoms with van der Waals surface area (Å²) >= 11 is 0. The fraction of sp³-hybridized carbons (Fsp3) is 0.474. The number of hydrogen-bond acceptors (Lipinski definition) is 4. The Labute approximate surface area is 143 Å². The van der Waals surface area contributed by atoms with Crippen LogP contribution in [-0.2, 0) is 9.84 Å². The zero-order valence-electron chi connectivity index (χ0n) is 14.2. The highest BCUT2D eigenvalue weighted by Gasteiger charge is 2.26. The van der Waals surface area contributed by atoms with E-state index in [0.717, 1.165) is 29.7 Å². The van der Waals surface area contributed by atoms with Crippen LogP contribution in [0.4, 0.5) is 0 Å². The van der Waals surface area contributed by atoms with E-state index in [9.17, 15) is 13.5 Å². The molecule has 0 amide bonds. The monoisotopic (exact) mass is 348 g/mol. The summed E-state index contributed by atoms with van der Waals surface area (Å²) in [5.41, 5.74) is 1.66. The Hall–Kier alpha value is -1.59. The van der Waals surface area contributed by atoms with Crippen molar-refractivity contribution >= 4 is 9.84 Å². The number of benzene rings is 1. The first-order valence-corrected chi connectivity index (χ1v) is 10.3. The highest BCUT2D eigenvalue weighted by Crippen LogP contribution is 2.38. The highest BCUT2D eigenvalue weighted by atomic mass is 32.2. The van der Waals surface area contributed by atoms with Crippen LogP contribution in [0.2, 0.25) is 0 Å². The smallest absolute Gasteiger partial charge is 0.175 e. The number of sulfone groups is 1. The first-order valence-electron chi connectivity index (χ1n) is 8.45. The molecule has 1 N–H and O–H groups in total. The second-order valence-electron chi connectivity index (χ2n) is 6.76. The first kappa shape index (κ1) is 17.2. The minimum absolute atomic E-state index is 0.289. The maximum absolute atomic E-state index is 11.5. The number of hydrogen-bond donors (Lipinski definition) is 1. The van der Waals surface area contributed by atoms with Crippen LogP contribution in [0, 0.1) is 12.8 Å². The molecular weight excluding hydrogens is 324 g/mol. The van der Waals surface area contributed by atoms with Crippen molar-refractivity contribution in [1.29, 1.82) is 0 Å². The normalized spacial score (nSPS) is 17.8. The average Bonchev–Trinajstić information content (AvgIpc) is 2.96. The van der Waals surface area contributed by atoms with Crippen molar-refractivity contribution in [2.75, 3.05) is 6.26 Å². The molecule has 130 valence electrons. The molecule has 1 aromatic carbocycles. The van der Waals surface area contributed by atoms with E-state index in [1.54, 1.807) is 24.3 Å². The Bertz CT molecular complexity index is 796. The fourth-order valence-electron chi connectivity index (χ4n) is 3.50. The summed E-state index contributed by atoms with van der Waals surface area (Å²) in [6, 6.07) is 8.54. The fourth-order valence-corrected chi connectivity index (χ4v) is 4.13. The molecule has 5 heteroatoms. The standard InChI is InChI=1S/C19H24O4S/c1-13-17(19(20)15-6-4-3-5-7-15)12-18(23-13)14-8-10-16(11-9-14)24(2,21)22/h8-12,15,19-20H,3-7H2,1-2H3. The molecule has 0 bridgehead atoms. The van der Waals surface area contributed by atoms with E-state index < -0.39 is 15.9 Å². The van der Waals surface area contributed by atoms with Crippen LogP contribution < -0.4 is 0 Å². The van der Waals surface area contributed by atoms with E-state index >= 15 is 0 Å². The van der Waals surface area contributed by atoms with E-state index in [2.05, 4.69) is 0 Å². The lowest BCUT2D eigenvalue weighted by atomic mass is 9.83. The predicted octanol–water partition coefficient (Wildman–Crippen LogP) is 4.27. The Morgan fingerprint density at radius 2 is 1.75 bits per heavy atom. The second-order valence-corrected chi connectivity index (χ2v) is 8.78. The molecule has 1 saturated carbocycles. The van der Waals surface area contributed by atoms with Crippen molar-refractivity contribution in [2.45, 2.75) is 50.0 Å². The Kier molecular flexibility index (Phi) is 4.83. The molecule has 0 spiro atoms. The number of aliphatic hydroxyl groups excluding tert-OH is 1. The molecule has 1 unspecified atom stereocenters. The lowest BCUT2D eigenvalue weighted by Crippen LogP contribution is -2.16. The first-order chi connectivity index (χ1) is 11.4. The minimum Gasteiger partial charge on any atom is -0.461 e. The molecule has 4 nitrogen and oxygen atoms in total. The summed E-state index contributed by atoms with van der Waals surface area (Å²) in [7, 11) is -3.20. The van der Waals surface area contributed by atoms with Gasteiger partial charge in [0.15, 0.2) is 9.84 Å². The summed E-state index contributed by atoms with van der Waals surface area (Å²) in [5.74, 6) is 1.70. The number of rotatable bonds is 4. The molecule has 0 saturated heterocycles. The Balaban J connectivity index is 1.85. The largest absolute Gasteiger partial charge is 0.461 e. The van der Waals surface area contributed by atoms with E-state index in [4.69, 9.17) is 4.42 Å². The lowest BCUT2D eigenvalue weighted by molar-refractivity contribution is 0.0835. The van der Waals surface area contributed by atoms with Gasteiger partial charge >= 0.3 is 0 Å². The maximum Gasteiger partial charge on any atom is 0.175 e. The van der Waals surface area contributed by atoms with Gasteiger partial charge in [0, 0.05) is 17.4 Å². The Morgan fingerprint density at radius 3 is 2.33 bits per heavy atom. The van der Waals surface area contributed by atoms with Gasteiger partial charge in [-0.1, -0.05) is 19.3 Å². The van der Waals surface area contributed by atoms with Gasteiger partial charge in [-0.2, -0.15) is 0 Å². The predicted molar refractivity (Wildman–Crippen MR) is 93.5 cm³/mol. The zero-order chi connectivity index (χ0) is 17.3. The number of furan rings is 1. The summed E-state index contributed by atoms with van der Waals surface area (Å²) in [6.45, 7) is 1.87. The molecule has 1 aliphatic rings. The van der Waals surface area contributed by atoms with Crippen LogP contribution in [0.15, 0.2) is 39.6 Å². The second kappa shape index (κ2) is 6.73. The van der Waals surface area contributed by atoms with Crippen LogP contribution in [-0.4, -0.2) is 19.8 Å². The van der Waals surface area contributed by atoms with Gasteiger partial charge in [-0.3, -0.25) is 0 Å². The third-order valence-corrected chi connectivity index (χ3v) is 6.07. The SMILES string of the molecule is Cc1oc(-c2ccc(S(C)(=O)=O)cc2)cc1C(O)C1CCCCC1. The van der Waals surface area contributed by atoms with Gasteiger partial charge in [0.2, 0.25) is 0 Å². The van der Waals surface area contributed by atoms with E-state index in [1.165, 1.54) is 25.5 Å². The summed E-state index contributed by atoms with van der Waals surface area (Å²) < 4.78 is 28.9. The molecule has 24 heavy (non-hydrogen) atoms. The molecular formula is C19H24O4S. The lowest BCUT2D eigenvalue weighted by Gasteiger charge is -2.26. The van der Waals surface area contributed by atoms with Crippen molar-refractivity contribution in [3.8, 4) is 11.3 Å². The van der Waals surface area contributed by atoms with Gasteiger partial charge in [0.1, 0.15) is 11.5 Å². The van der Waals surface area contributed by atoms with Crippen molar-refractivity contribution in [1.82, 2.24) is 0 Å². The van der Waals surface area contributed by atoms with Crippen molar-refractivity contribution in [2.24, 2.45) is 5.92 Å². The average molecular weight is 348 g/mol. The van der Waals surface area contributed by atoms with E-state index in [-0.39, 0.29) is 4.90 Å². The van der Waals surface area contributed by atoms with Crippen molar-refractivity contribution < 1.29 is 17.9 Å². The number of aliphatic hydroxyl groups is 1. The molecule has 0 aliphatic heterocycles. The van der Waals surface area contributed by atoms with Crippen molar-refractivity contribution in [3.63, 3.8) is 0 Å². The quantitative estimate of drug-likeness (QED) is 0.896. The van der Waals surface area contributed by atoms with Gasteiger partial charge in [-0.25, -0.2) is 8.42 Å². The van der Waals surface area contributed by atoms with Gasteiger partial charge in [0.25, 0.3) is 0 Å². The molecule has 0 radical (unpaired) electrons. The summed E-state index contributed by atoms with van der Waals surface area (Å²) in [6.07, 6.45) is 6.44. The summed E-state index contributed by atoms with van der Waals surface area (Å²) in [5, 5.41) is 10.7. The van der Waals surface area contributed by atoms with Crippen LogP contribution in [0.1, 0.15) is 49.5 Å². The Morgan fingerprint density at radius 1 is 1.12 bits per heavy atom. The van der Waals surface area contributed by atoms with Gasteiger partial charge < -0.3 is 9.52 Å². The summed E-state index contributed by atoms with van der Waals surface area (Å²) in [4.78, 5) is 0.289. The van der Waals surface area contributed by atoms with Gasteiger partial charge in [0.05, 0.1) is 11.0 Å². The topological polar surface area (TPSA) is 67.5 Å². The van der Waals surface area contributed by atoms with Crippen LogP contribution in [0.3, 0.4) is 0 Å². The molecule has 1 heterocycles. The zero-order valence-corrected chi connectivity index (χ0v) is 15.0. The maximum atomic E-state index is 11.5. The van der Waals surface area contributed by atoms with Crippen molar-refractivity contribution in [3.05, 3.63) is 41.7 Å². The molecule has 1 fully saturated rings. The molecule has 1 aliphatic carbocycles. The van der Waals surface area contributed by atoms with Crippen LogP contribution >= 0.6 is 0 Å². The van der Waals surface area contributed by atoms with Crippen LogP contribution in [0.25, 0.3) is 11.3 Å². The van der Waals surface area contributed by atoms with Gasteiger partial charge in [-0.15, -0.1) is 0 Å². The van der Waals surface area contributed by atoms with E-state index in [0.29, 0.717) is 11.7 Å². The minimum atomic E-state index is -3.20. The number of aryl methyl sites for hydroxylation is 1. The van der Waals surface area contributed by atoms with Crippen LogP contribution in [0.5, 0.6) is 0 Å². The van der Waals surface area contributed by atoms with Gasteiger partial charge in [-0.05, 0) is 56.0 Å². The molecule has 3 rings (SSSR count). The highest BCUT2D eigenvalue weighted by molar-refractivity contribution is 7.90. The molecule has 1 aromatic heterocycles. The van der Waals surface area contributed by atoms with E-state index in [1.807, 2.05) is 13.0 Å². The molecule has 1 atom stereocenters. The molecule has 2 aromatic rings. The third kappa shape index (κ3) is 3.57.